The van der Waals surface area contributed by atoms with Crippen molar-refractivity contribution >= 4 is 44.3 Å². The van der Waals surface area contributed by atoms with Crippen LogP contribution in [0.15, 0.2) is 17.1 Å². The Morgan fingerprint density at radius 2 is 2.00 bits per heavy atom. The molecule has 0 saturated heterocycles. The SMILES string of the molecule is CC1(C)SC(c2nc3cc(C(F)(F)F)c(O)cc3s2)=NC1C(=O)O. The predicted octanol–water partition coefficient (Wildman–Crippen LogP) is 3.75. The van der Waals surface area contributed by atoms with E-state index >= 15 is 0 Å². The van der Waals surface area contributed by atoms with Gasteiger partial charge in [0.2, 0.25) is 0 Å². The van der Waals surface area contributed by atoms with Crippen LogP contribution < -0.4 is 0 Å². The van der Waals surface area contributed by atoms with Crippen molar-refractivity contribution in [3.05, 3.63) is 22.7 Å². The van der Waals surface area contributed by atoms with Gasteiger partial charge in [-0.25, -0.2) is 9.78 Å². The van der Waals surface area contributed by atoms with Gasteiger partial charge in [-0.1, -0.05) is 11.8 Å². The van der Waals surface area contributed by atoms with Crippen molar-refractivity contribution in [2.45, 2.75) is 30.8 Å². The van der Waals surface area contributed by atoms with Crippen molar-refractivity contribution in [2.24, 2.45) is 4.99 Å². The average Bonchev–Trinajstić information content (AvgIpc) is 2.96. The number of carboxylic acids is 1. The summed E-state index contributed by atoms with van der Waals surface area (Å²) in [5.74, 6) is -1.93. The van der Waals surface area contributed by atoms with Gasteiger partial charge in [0.15, 0.2) is 6.04 Å². The summed E-state index contributed by atoms with van der Waals surface area (Å²) in [4.78, 5) is 19.5. The molecule has 2 N–H and O–H groups in total. The molecule has 0 aliphatic carbocycles. The Kier molecular flexibility index (Phi) is 3.79. The fourth-order valence-corrected chi connectivity index (χ4v) is 4.51. The molecule has 0 bridgehead atoms. The first-order valence-electron chi connectivity index (χ1n) is 6.70. The normalized spacial score (nSPS) is 20.4. The maximum absolute atomic E-state index is 12.8. The van der Waals surface area contributed by atoms with Crippen molar-refractivity contribution < 1.29 is 28.2 Å². The van der Waals surface area contributed by atoms with Crippen molar-refractivity contribution in [1.82, 2.24) is 4.98 Å². The first-order chi connectivity index (χ1) is 11.0. The van der Waals surface area contributed by atoms with Crippen LogP contribution >= 0.6 is 23.1 Å². The van der Waals surface area contributed by atoms with Gasteiger partial charge < -0.3 is 10.2 Å². The molecule has 1 aliphatic heterocycles. The number of fused-ring (bicyclic) bond motifs is 1. The van der Waals surface area contributed by atoms with E-state index in [9.17, 15) is 28.2 Å². The average molecular weight is 376 g/mol. The number of benzene rings is 1. The van der Waals surface area contributed by atoms with Crippen LogP contribution in [0, 0.1) is 0 Å². The Bertz CT molecular complexity index is 874. The van der Waals surface area contributed by atoms with E-state index in [0.29, 0.717) is 14.8 Å². The number of aliphatic imine (C=N–C) groups is 1. The smallest absolute Gasteiger partial charge is 0.420 e. The van der Waals surface area contributed by atoms with E-state index in [4.69, 9.17) is 0 Å². The molecule has 0 amide bonds. The molecule has 5 nitrogen and oxygen atoms in total. The summed E-state index contributed by atoms with van der Waals surface area (Å²) < 4.78 is 38.2. The third kappa shape index (κ3) is 2.84. The van der Waals surface area contributed by atoms with Crippen molar-refractivity contribution in [3.8, 4) is 5.75 Å². The molecule has 0 radical (unpaired) electrons. The molecular formula is C14H11F3N2O3S2. The first kappa shape index (κ1) is 17.0. The quantitative estimate of drug-likeness (QED) is 0.834. The molecule has 0 fully saturated rings. The summed E-state index contributed by atoms with van der Waals surface area (Å²) in [5.41, 5.74) is -1.07. The molecule has 24 heavy (non-hydrogen) atoms. The van der Waals surface area contributed by atoms with Crippen LogP contribution in [0.1, 0.15) is 24.4 Å². The third-order valence-corrected chi connectivity index (χ3v) is 5.89. The summed E-state index contributed by atoms with van der Waals surface area (Å²) in [6.07, 6.45) is -4.68. The van der Waals surface area contributed by atoms with E-state index in [0.717, 1.165) is 23.5 Å². The Balaban J connectivity index is 2.07. The van der Waals surface area contributed by atoms with E-state index in [-0.39, 0.29) is 5.52 Å². The van der Waals surface area contributed by atoms with E-state index in [1.165, 1.54) is 11.8 Å². The van der Waals surface area contributed by atoms with Gasteiger partial charge >= 0.3 is 12.1 Å². The highest BCUT2D eigenvalue weighted by atomic mass is 32.2. The number of rotatable bonds is 2. The fourth-order valence-electron chi connectivity index (χ4n) is 2.34. The van der Waals surface area contributed by atoms with Crippen LogP contribution in [0.25, 0.3) is 10.2 Å². The minimum atomic E-state index is -4.68. The van der Waals surface area contributed by atoms with Crippen molar-refractivity contribution in [3.63, 3.8) is 0 Å². The fraction of sp³-hybridized carbons (Fsp3) is 0.357. The van der Waals surface area contributed by atoms with Crippen LogP contribution in [0.5, 0.6) is 5.75 Å². The molecule has 2 aromatic rings. The maximum atomic E-state index is 12.8. The molecule has 2 heterocycles. The molecule has 0 saturated carbocycles. The van der Waals surface area contributed by atoms with E-state index < -0.39 is 34.2 Å². The molecule has 1 aromatic carbocycles. The van der Waals surface area contributed by atoms with E-state index in [1.54, 1.807) is 13.8 Å². The van der Waals surface area contributed by atoms with Gasteiger partial charge in [0.05, 0.1) is 15.8 Å². The zero-order valence-corrected chi connectivity index (χ0v) is 14.0. The number of carboxylic acid groups (broad SMARTS) is 1. The standard InChI is InChI=1S/C14H11F3N2O3S2/c1-13(2)9(12(21)22)19-11(24-13)10-18-6-3-5(14(15,16)17)7(20)4-8(6)23-10/h3-4,9,20H,1-2H3,(H,21,22). The van der Waals surface area contributed by atoms with Crippen molar-refractivity contribution in [2.75, 3.05) is 0 Å². The lowest BCUT2D eigenvalue weighted by Crippen LogP contribution is -2.34. The topological polar surface area (TPSA) is 82.8 Å². The number of thiazole rings is 1. The molecule has 1 atom stereocenters. The summed E-state index contributed by atoms with van der Waals surface area (Å²) in [7, 11) is 0. The number of phenolic OH excluding ortho intramolecular Hbond substituents is 1. The minimum Gasteiger partial charge on any atom is -0.507 e. The van der Waals surface area contributed by atoms with Gasteiger partial charge in [0, 0.05) is 4.75 Å². The van der Waals surface area contributed by atoms with Gasteiger partial charge in [-0.2, -0.15) is 13.2 Å². The Morgan fingerprint density at radius 1 is 1.33 bits per heavy atom. The zero-order chi connectivity index (χ0) is 17.9. The number of alkyl halides is 3. The van der Waals surface area contributed by atoms with E-state index in [1.807, 2.05) is 0 Å². The van der Waals surface area contributed by atoms with Gasteiger partial charge in [0.25, 0.3) is 0 Å². The Morgan fingerprint density at radius 3 is 2.54 bits per heavy atom. The van der Waals surface area contributed by atoms with E-state index in [2.05, 4.69) is 9.98 Å². The number of nitrogens with zero attached hydrogens (tertiary/aromatic N) is 2. The molecular weight excluding hydrogens is 365 g/mol. The highest BCUT2D eigenvalue weighted by molar-refractivity contribution is 8.16. The number of phenols is 1. The lowest BCUT2D eigenvalue weighted by atomic mass is 10.0. The summed E-state index contributed by atoms with van der Waals surface area (Å²) in [6.45, 7) is 3.46. The number of hydrogen-bond acceptors (Lipinski definition) is 6. The lowest BCUT2D eigenvalue weighted by Gasteiger charge is -2.19. The summed E-state index contributed by atoms with van der Waals surface area (Å²) in [6, 6.07) is 0.841. The highest BCUT2D eigenvalue weighted by Gasteiger charge is 2.43. The van der Waals surface area contributed by atoms with Gasteiger partial charge in [-0.15, -0.1) is 11.3 Å². The first-order valence-corrected chi connectivity index (χ1v) is 8.33. The minimum absolute atomic E-state index is 0.0833. The molecule has 0 spiro atoms. The zero-order valence-electron chi connectivity index (χ0n) is 12.4. The second-order valence-electron chi connectivity index (χ2n) is 5.73. The monoisotopic (exact) mass is 376 g/mol. The molecule has 1 aromatic heterocycles. The number of aromatic hydroxyl groups is 1. The molecule has 1 aliphatic rings. The predicted molar refractivity (Wildman–Crippen MR) is 85.9 cm³/mol. The lowest BCUT2D eigenvalue weighted by molar-refractivity contribution is -0.139. The van der Waals surface area contributed by atoms with Crippen LogP contribution in [0.4, 0.5) is 13.2 Å². The van der Waals surface area contributed by atoms with Crippen LogP contribution in [-0.4, -0.2) is 37.0 Å². The largest absolute Gasteiger partial charge is 0.507 e. The second kappa shape index (κ2) is 5.35. The Labute approximate surface area is 142 Å². The number of hydrogen-bond donors (Lipinski definition) is 2. The van der Waals surface area contributed by atoms with Gasteiger partial charge in [-0.05, 0) is 26.0 Å². The van der Waals surface area contributed by atoms with Gasteiger partial charge in [0.1, 0.15) is 15.8 Å². The number of halogens is 3. The van der Waals surface area contributed by atoms with Gasteiger partial charge in [-0.3, -0.25) is 4.99 Å². The Hall–Kier alpha value is -1.81. The van der Waals surface area contributed by atoms with Crippen LogP contribution in [0.3, 0.4) is 0 Å². The third-order valence-electron chi connectivity index (χ3n) is 3.49. The van der Waals surface area contributed by atoms with Crippen molar-refractivity contribution in [1.29, 1.82) is 0 Å². The molecule has 128 valence electrons. The number of thioether (sulfide) groups is 1. The summed E-state index contributed by atoms with van der Waals surface area (Å²) in [5, 5.41) is 19.5. The number of aliphatic carboxylic acids is 1. The molecule has 1 unspecified atom stereocenters. The maximum Gasteiger partial charge on any atom is 0.420 e. The highest BCUT2D eigenvalue weighted by Crippen LogP contribution is 2.43. The second-order valence-corrected chi connectivity index (χ2v) is 8.41. The van der Waals surface area contributed by atoms with Crippen LogP contribution in [0.2, 0.25) is 0 Å². The summed E-state index contributed by atoms with van der Waals surface area (Å²) >= 11 is 2.28. The molecule has 10 heteroatoms. The number of aromatic nitrogens is 1. The molecule has 3 rings (SSSR count). The number of carbonyl (C=O) groups is 1. The van der Waals surface area contributed by atoms with Crippen LogP contribution in [-0.2, 0) is 11.0 Å².